The van der Waals surface area contributed by atoms with E-state index in [1.807, 2.05) is 0 Å². The van der Waals surface area contributed by atoms with E-state index in [1.165, 1.54) is 12.0 Å². The molecule has 0 unspecified atom stereocenters. The van der Waals surface area contributed by atoms with Gasteiger partial charge in [0.05, 0.1) is 13.2 Å². The standard InChI is InChI=1S/C19H22F3NO5/c1-27-18(26)13-4-2-3-5-15(13)28-16-7-12-10-23(9-11(12)6-14(16)24)17(25)8-19(20,21)22/h2-5,11-12,14,16,24H,6-10H2,1H3/t11-,12+,14+,16+/m0/s1. The summed E-state index contributed by atoms with van der Waals surface area (Å²) in [5.41, 5.74) is 0.229. The molecule has 9 heteroatoms. The second-order valence-electron chi connectivity index (χ2n) is 7.29. The van der Waals surface area contributed by atoms with Gasteiger partial charge in [0.25, 0.3) is 0 Å². The van der Waals surface area contributed by atoms with Crippen molar-refractivity contribution in [2.75, 3.05) is 20.2 Å². The SMILES string of the molecule is COC(=O)c1ccccc1O[C@@H]1C[C@@H]2CN(C(=O)CC(F)(F)F)C[C@@H]2C[C@H]1O. The van der Waals surface area contributed by atoms with Crippen molar-refractivity contribution in [2.45, 2.75) is 37.6 Å². The number of hydrogen-bond donors (Lipinski definition) is 1. The molecule has 28 heavy (non-hydrogen) atoms. The van der Waals surface area contributed by atoms with Crippen molar-refractivity contribution in [3.8, 4) is 5.75 Å². The van der Waals surface area contributed by atoms with E-state index in [4.69, 9.17) is 9.47 Å². The number of esters is 1. The minimum atomic E-state index is -4.53. The number of rotatable bonds is 4. The van der Waals surface area contributed by atoms with Crippen molar-refractivity contribution < 1.29 is 37.3 Å². The zero-order valence-corrected chi connectivity index (χ0v) is 15.3. The molecule has 1 aliphatic heterocycles. The average Bonchev–Trinajstić information content (AvgIpc) is 3.03. The number of carbonyl (C=O) groups is 2. The van der Waals surface area contributed by atoms with Gasteiger partial charge in [-0.3, -0.25) is 4.79 Å². The van der Waals surface area contributed by atoms with E-state index in [-0.39, 0.29) is 36.2 Å². The van der Waals surface area contributed by atoms with Crippen molar-refractivity contribution >= 4 is 11.9 Å². The molecule has 3 rings (SSSR count). The summed E-state index contributed by atoms with van der Waals surface area (Å²) in [6.07, 6.45) is -6.76. The Hall–Kier alpha value is -2.29. The molecule has 0 spiro atoms. The number of aliphatic hydroxyl groups is 1. The highest BCUT2D eigenvalue weighted by molar-refractivity contribution is 5.92. The number of hydrogen-bond acceptors (Lipinski definition) is 5. The summed E-state index contributed by atoms with van der Waals surface area (Å²) in [5, 5.41) is 10.5. The number of aliphatic hydroxyl groups excluding tert-OH is 1. The second kappa shape index (κ2) is 7.98. The van der Waals surface area contributed by atoms with Crippen molar-refractivity contribution in [2.24, 2.45) is 11.8 Å². The van der Waals surface area contributed by atoms with Gasteiger partial charge in [0.1, 0.15) is 23.8 Å². The van der Waals surface area contributed by atoms with Gasteiger partial charge in [-0.1, -0.05) is 12.1 Å². The third-order valence-corrected chi connectivity index (χ3v) is 5.36. The first-order valence-electron chi connectivity index (χ1n) is 9.04. The predicted octanol–water partition coefficient (Wildman–Crippen LogP) is 2.40. The maximum absolute atomic E-state index is 12.5. The summed E-state index contributed by atoms with van der Waals surface area (Å²) >= 11 is 0. The van der Waals surface area contributed by atoms with Crippen molar-refractivity contribution in [3.63, 3.8) is 0 Å². The van der Waals surface area contributed by atoms with Crippen LogP contribution in [0.4, 0.5) is 13.2 Å². The van der Waals surface area contributed by atoms with Crippen LogP contribution in [0.15, 0.2) is 24.3 Å². The Morgan fingerprint density at radius 1 is 1.18 bits per heavy atom. The number of para-hydroxylation sites is 1. The molecule has 1 heterocycles. The van der Waals surface area contributed by atoms with Crippen LogP contribution >= 0.6 is 0 Å². The minimum Gasteiger partial charge on any atom is -0.487 e. The predicted molar refractivity (Wildman–Crippen MR) is 91.7 cm³/mol. The first-order chi connectivity index (χ1) is 13.2. The summed E-state index contributed by atoms with van der Waals surface area (Å²) in [4.78, 5) is 25.0. The summed E-state index contributed by atoms with van der Waals surface area (Å²) in [6, 6.07) is 6.49. The smallest absolute Gasteiger partial charge is 0.397 e. The Labute approximate surface area is 160 Å². The number of likely N-dealkylation sites (tertiary alicyclic amines) is 1. The normalized spacial score (nSPS) is 27.2. The van der Waals surface area contributed by atoms with Gasteiger partial charge in [0.2, 0.25) is 5.91 Å². The maximum Gasteiger partial charge on any atom is 0.397 e. The molecule has 6 nitrogen and oxygen atoms in total. The Morgan fingerprint density at radius 3 is 2.46 bits per heavy atom. The number of amides is 1. The molecule has 1 amide bonds. The van der Waals surface area contributed by atoms with Gasteiger partial charge in [-0.05, 0) is 36.8 Å². The molecular formula is C19H22F3NO5. The number of benzene rings is 1. The van der Waals surface area contributed by atoms with Crippen LogP contribution in [-0.4, -0.2) is 60.5 Å². The lowest BCUT2D eigenvalue weighted by Gasteiger charge is -2.35. The summed E-state index contributed by atoms with van der Waals surface area (Å²) in [6.45, 7) is 0.424. The third-order valence-electron chi connectivity index (χ3n) is 5.36. The molecule has 1 saturated carbocycles. The first kappa shape index (κ1) is 20.4. The first-order valence-corrected chi connectivity index (χ1v) is 9.04. The number of fused-ring (bicyclic) bond motifs is 1. The largest absolute Gasteiger partial charge is 0.487 e. The van der Waals surface area contributed by atoms with E-state index in [0.717, 1.165) is 0 Å². The Kier molecular flexibility index (Phi) is 5.83. The fraction of sp³-hybridized carbons (Fsp3) is 0.579. The maximum atomic E-state index is 12.5. The number of halogens is 3. The molecule has 1 saturated heterocycles. The summed E-state index contributed by atoms with van der Waals surface area (Å²) < 4.78 is 48.0. The Bertz CT molecular complexity index is 739. The number of carbonyl (C=O) groups excluding carboxylic acids is 2. The lowest BCUT2D eigenvalue weighted by molar-refractivity contribution is -0.160. The molecule has 154 valence electrons. The summed E-state index contributed by atoms with van der Waals surface area (Å²) in [7, 11) is 1.25. The van der Waals surface area contributed by atoms with Gasteiger partial charge < -0.3 is 19.5 Å². The monoisotopic (exact) mass is 401 g/mol. The van der Waals surface area contributed by atoms with Gasteiger partial charge in [-0.2, -0.15) is 13.2 Å². The Morgan fingerprint density at radius 2 is 1.82 bits per heavy atom. The molecular weight excluding hydrogens is 379 g/mol. The number of alkyl halides is 3. The molecule has 2 aliphatic rings. The van der Waals surface area contributed by atoms with Crippen molar-refractivity contribution in [1.29, 1.82) is 0 Å². The number of ether oxygens (including phenoxy) is 2. The third kappa shape index (κ3) is 4.57. The number of nitrogens with zero attached hydrogens (tertiary/aromatic N) is 1. The number of methoxy groups -OCH3 is 1. The lowest BCUT2D eigenvalue weighted by atomic mass is 9.78. The highest BCUT2D eigenvalue weighted by Crippen LogP contribution is 2.39. The van der Waals surface area contributed by atoms with Crippen LogP contribution in [0.1, 0.15) is 29.6 Å². The van der Waals surface area contributed by atoms with Gasteiger partial charge >= 0.3 is 12.1 Å². The Balaban J connectivity index is 1.67. The molecule has 1 aromatic carbocycles. The molecule has 0 radical (unpaired) electrons. The van der Waals surface area contributed by atoms with Crippen molar-refractivity contribution in [3.05, 3.63) is 29.8 Å². The van der Waals surface area contributed by atoms with E-state index in [9.17, 15) is 27.9 Å². The van der Waals surface area contributed by atoms with E-state index in [2.05, 4.69) is 0 Å². The molecule has 1 aliphatic carbocycles. The molecule has 4 atom stereocenters. The van der Waals surface area contributed by atoms with Gasteiger partial charge in [0, 0.05) is 13.1 Å². The fourth-order valence-corrected chi connectivity index (χ4v) is 4.01. The lowest BCUT2D eigenvalue weighted by Crippen LogP contribution is -2.42. The van der Waals surface area contributed by atoms with Crippen LogP contribution in [0.25, 0.3) is 0 Å². The average molecular weight is 401 g/mol. The topological polar surface area (TPSA) is 76.1 Å². The van der Waals surface area contributed by atoms with Crippen LogP contribution in [0, 0.1) is 11.8 Å². The second-order valence-corrected chi connectivity index (χ2v) is 7.29. The highest BCUT2D eigenvalue weighted by atomic mass is 19.4. The van der Waals surface area contributed by atoms with Crippen molar-refractivity contribution in [1.82, 2.24) is 4.90 Å². The zero-order chi connectivity index (χ0) is 20.5. The minimum absolute atomic E-state index is 0.0594. The van der Waals surface area contributed by atoms with Gasteiger partial charge in [0.15, 0.2) is 0 Å². The van der Waals surface area contributed by atoms with E-state index in [1.54, 1.807) is 24.3 Å². The van der Waals surface area contributed by atoms with Crippen LogP contribution in [0.3, 0.4) is 0 Å². The van der Waals surface area contributed by atoms with Crippen LogP contribution in [0.5, 0.6) is 5.75 Å². The fourth-order valence-electron chi connectivity index (χ4n) is 4.01. The zero-order valence-electron chi connectivity index (χ0n) is 15.3. The molecule has 0 bridgehead atoms. The molecule has 1 aromatic rings. The van der Waals surface area contributed by atoms with Crippen LogP contribution < -0.4 is 4.74 Å². The van der Waals surface area contributed by atoms with E-state index >= 15 is 0 Å². The van der Waals surface area contributed by atoms with Crippen LogP contribution in [0.2, 0.25) is 0 Å². The van der Waals surface area contributed by atoms with E-state index < -0.39 is 36.7 Å². The van der Waals surface area contributed by atoms with Crippen LogP contribution in [-0.2, 0) is 9.53 Å². The van der Waals surface area contributed by atoms with Gasteiger partial charge in [-0.15, -0.1) is 0 Å². The quantitative estimate of drug-likeness (QED) is 0.785. The van der Waals surface area contributed by atoms with Gasteiger partial charge in [-0.25, -0.2) is 4.79 Å². The summed E-state index contributed by atoms with van der Waals surface area (Å²) in [5.74, 6) is -1.35. The molecule has 2 fully saturated rings. The van der Waals surface area contributed by atoms with E-state index in [0.29, 0.717) is 12.8 Å². The highest BCUT2D eigenvalue weighted by Gasteiger charge is 2.45. The molecule has 1 N–H and O–H groups in total. The molecule has 0 aromatic heterocycles.